The van der Waals surface area contributed by atoms with Crippen LogP contribution in [0.25, 0.3) is 0 Å². The van der Waals surface area contributed by atoms with Gasteiger partial charge in [0.05, 0.1) is 6.61 Å². The van der Waals surface area contributed by atoms with E-state index < -0.39 is 55.2 Å². The molecule has 1 aliphatic rings. The molecule has 1 rings (SSSR count). The number of carbonyl (C=O) groups is 3. The van der Waals surface area contributed by atoms with E-state index in [-0.39, 0.29) is 0 Å². The summed E-state index contributed by atoms with van der Waals surface area (Å²) in [6.07, 6.45) is -6.65. The number of esters is 3. The first-order valence-corrected chi connectivity index (χ1v) is 6.22. The van der Waals surface area contributed by atoms with Crippen LogP contribution in [0.4, 0.5) is 0 Å². The third-order valence-corrected chi connectivity index (χ3v) is 2.70. The Balaban J connectivity index is 3.08. The van der Waals surface area contributed by atoms with Crippen molar-refractivity contribution in [2.75, 3.05) is 6.61 Å². The van der Waals surface area contributed by atoms with E-state index >= 15 is 0 Å². The Labute approximate surface area is 120 Å². The summed E-state index contributed by atoms with van der Waals surface area (Å²) in [5.41, 5.74) is 0. The van der Waals surface area contributed by atoms with E-state index in [0.717, 1.165) is 20.8 Å². The molecule has 1 aliphatic heterocycles. The molecule has 0 radical (unpaired) electrons. The summed E-state index contributed by atoms with van der Waals surface area (Å²) in [6.45, 7) is 2.71. The Morgan fingerprint density at radius 3 is 1.76 bits per heavy atom. The van der Waals surface area contributed by atoms with Gasteiger partial charge in [0.1, 0.15) is 6.10 Å². The molecule has 5 atom stereocenters. The van der Waals surface area contributed by atoms with Crippen molar-refractivity contribution in [2.45, 2.75) is 51.5 Å². The quantitative estimate of drug-likeness (QED) is 0.470. The van der Waals surface area contributed by atoms with Gasteiger partial charge in [-0.15, -0.1) is 0 Å². The van der Waals surface area contributed by atoms with Gasteiger partial charge in [0.15, 0.2) is 24.6 Å². The lowest BCUT2D eigenvalue weighted by Gasteiger charge is -2.42. The molecule has 1 fully saturated rings. The molecule has 2 N–H and O–H groups in total. The minimum Gasteiger partial charge on any atom is -0.456 e. The molecule has 1 saturated heterocycles. The maximum absolute atomic E-state index is 11.2. The fourth-order valence-corrected chi connectivity index (χ4v) is 2.02. The van der Waals surface area contributed by atoms with Crippen LogP contribution in [0, 0.1) is 0 Å². The Morgan fingerprint density at radius 2 is 1.33 bits per heavy atom. The molecule has 0 aromatic rings. The fraction of sp³-hybridized carbons (Fsp3) is 0.750. The van der Waals surface area contributed by atoms with E-state index in [4.69, 9.17) is 18.9 Å². The number of aliphatic hydroxyl groups is 2. The molecule has 0 spiro atoms. The summed E-state index contributed by atoms with van der Waals surface area (Å²) in [5.74, 6) is -2.19. The first kappa shape index (κ1) is 17.3. The van der Waals surface area contributed by atoms with Crippen LogP contribution >= 0.6 is 0 Å². The van der Waals surface area contributed by atoms with E-state index in [1.165, 1.54) is 0 Å². The Bertz CT molecular complexity index is 408. The van der Waals surface area contributed by atoms with Crippen LogP contribution in [0.3, 0.4) is 0 Å². The second-order valence-electron chi connectivity index (χ2n) is 4.47. The number of aliphatic hydroxyl groups excluding tert-OH is 2. The van der Waals surface area contributed by atoms with Gasteiger partial charge in [-0.2, -0.15) is 0 Å². The lowest BCUT2D eigenvalue weighted by molar-refractivity contribution is -0.295. The predicted octanol–water partition coefficient (Wildman–Crippen LogP) is -1.51. The van der Waals surface area contributed by atoms with Gasteiger partial charge >= 0.3 is 17.9 Å². The predicted molar refractivity (Wildman–Crippen MR) is 64.6 cm³/mol. The van der Waals surface area contributed by atoms with Crippen molar-refractivity contribution in [1.29, 1.82) is 0 Å². The standard InChI is InChI=1S/C12H18O9/c1-5(14)18-9-8(4-13)21-12(17)11(20-7(3)16)10(9)19-6(2)15/h8-13,17H,4H2,1-3H3/t8-,9-,10+,11+,12+/m1/s1. The van der Waals surface area contributed by atoms with Crippen molar-refractivity contribution < 1.29 is 43.5 Å². The number of ether oxygens (including phenoxy) is 4. The van der Waals surface area contributed by atoms with Crippen LogP contribution in [0.2, 0.25) is 0 Å². The van der Waals surface area contributed by atoms with Crippen LogP contribution in [0.5, 0.6) is 0 Å². The number of hydrogen-bond acceptors (Lipinski definition) is 9. The molecule has 0 aliphatic carbocycles. The highest BCUT2D eigenvalue weighted by Crippen LogP contribution is 2.27. The van der Waals surface area contributed by atoms with Gasteiger partial charge in [0, 0.05) is 20.8 Å². The van der Waals surface area contributed by atoms with Gasteiger partial charge in [-0.1, -0.05) is 0 Å². The summed E-state index contributed by atoms with van der Waals surface area (Å²) in [7, 11) is 0. The van der Waals surface area contributed by atoms with E-state index in [1.54, 1.807) is 0 Å². The van der Waals surface area contributed by atoms with Crippen LogP contribution in [0.1, 0.15) is 20.8 Å². The third-order valence-electron chi connectivity index (χ3n) is 2.70. The molecule has 0 aromatic carbocycles. The summed E-state index contributed by atoms with van der Waals surface area (Å²) in [6, 6.07) is 0. The lowest BCUT2D eigenvalue weighted by Crippen LogP contribution is -2.62. The zero-order chi connectivity index (χ0) is 16.2. The minimum absolute atomic E-state index is 0.598. The van der Waals surface area contributed by atoms with Crippen molar-refractivity contribution in [3.63, 3.8) is 0 Å². The van der Waals surface area contributed by atoms with E-state index in [9.17, 15) is 24.6 Å². The van der Waals surface area contributed by atoms with Crippen molar-refractivity contribution >= 4 is 17.9 Å². The van der Waals surface area contributed by atoms with E-state index in [2.05, 4.69) is 0 Å². The SMILES string of the molecule is CC(=O)O[C@@H]1[C@H](OC(C)=O)[C@@H](O)O[C@H](CO)[C@H]1OC(C)=O. The maximum Gasteiger partial charge on any atom is 0.303 e. The first-order chi connectivity index (χ1) is 9.76. The van der Waals surface area contributed by atoms with Gasteiger partial charge in [-0.3, -0.25) is 14.4 Å². The minimum atomic E-state index is -1.64. The number of hydrogen-bond donors (Lipinski definition) is 2. The zero-order valence-electron chi connectivity index (χ0n) is 11.8. The first-order valence-electron chi connectivity index (χ1n) is 6.22. The average molecular weight is 306 g/mol. The summed E-state index contributed by atoms with van der Waals surface area (Å²) < 4.78 is 19.8. The average Bonchev–Trinajstić information content (AvgIpc) is 2.35. The van der Waals surface area contributed by atoms with Crippen LogP contribution in [-0.2, 0) is 33.3 Å². The van der Waals surface area contributed by atoms with Crippen molar-refractivity contribution in [2.24, 2.45) is 0 Å². The summed E-state index contributed by atoms with van der Waals surface area (Å²) in [4.78, 5) is 33.4. The van der Waals surface area contributed by atoms with Crippen LogP contribution in [-0.4, -0.2) is 65.4 Å². The molecule has 0 aromatic heterocycles. The number of rotatable bonds is 4. The molecule has 9 heteroatoms. The lowest BCUT2D eigenvalue weighted by atomic mass is 9.98. The topological polar surface area (TPSA) is 129 Å². The molecule has 21 heavy (non-hydrogen) atoms. The van der Waals surface area contributed by atoms with Gasteiger partial charge < -0.3 is 29.2 Å². The van der Waals surface area contributed by atoms with Gasteiger partial charge in [-0.25, -0.2) is 0 Å². The molecule has 120 valence electrons. The second kappa shape index (κ2) is 7.34. The second-order valence-corrected chi connectivity index (χ2v) is 4.47. The van der Waals surface area contributed by atoms with Gasteiger partial charge in [0.25, 0.3) is 0 Å². The third kappa shape index (κ3) is 4.66. The highest BCUT2D eigenvalue weighted by molar-refractivity contribution is 5.68. The zero-order valence-corrected chi connectivity index (χ0v) is 11.8. The van der Waals surface area contributed by atoms with Crippen LogP contribution in [0.15, 0.2) is 0 Å². The molecule has 0 bridgehead atoms. The molecule has 9 nitrogen and oxygen atoms in total. The van der Waals surface area contributed by atoms with E-state index in [0.29, 0.717) is 0 Å². The fourth-order valence-electron chi connectivity index (χ4n) is 2.02. The molecule has 0 unspecified atom stereocenters. The highest BCUT2D eigenvalue weighted by Gasteiger charge is 2.51. The van der Waals surface area contributed by atoms with Crippen molar-refractivity contribution in [3.05, 3.63) is 0 Å². The molecule has 0 saturated carbocycles. The largest absolute Gasteiger partial charge is 0.456 e. The monoisotopic (exact) mass is 306 g/mol. The normalized spacial score (nSPS) is 32.1. The van der Waals surface area contributed by atoms with Crippen molar-refractivity contribution in [1.82, 2.24) is 0 Å². The Hall–Kier alpha value is -1.71. The Kier molecular flexibility index (Phi) is 6.06. The Morgan fingerprint density at radius 1 is 0.905 bits per heavy atom. The van der Waals surface area contributed by atoms with E-state index in [1.807, 2.05) is 0 Å². The molecular weight excluding hydrogens is 288 g/mol. The molecular formula is C12H18O9. The smallest absolute Gasteiger partial charge is 0.303 e. The molecule has 1 heterocycles. The maximum atomic E-state index is 11.2. The summed E-state index contributed by atoms with van der Waals surface area (Å²) in [5, 5.41) is 19.0. The van der Waals surface area contributed by atoms with Crippen LogP contribution < -0.4 is 0 Å². The summed E-state index contributed by atoms with van der Waals surface area (Å²) >= 11 is 0. The molecule has 0 amide bonds. The van der Waals surface area contributed by atoms with Gasteiger partial charge in [-0.05, 0) is 0 Å². The van der Waals surface area contributed by atoms with Gasteiger partial charge in [0.2, 0.25) is 0 Å². The van der Waals surface area contributed by atoms with Crippen molar-refractivity contribution in [3.8, 4) is 0 Å². The highest BCUT2D eigenvalue weighted by atomic mass is 16.7. The number of carbonyl (C=O) groups excluding carboxylic acids is 3.